The quantitative estimate of drug-likeness (QED) is 0.279. The van der Waals surface area contributed by atoms with Crippen molar-refractivity contribution >= 4 is 56.5 Å². The van der Waals surface area contributed by atoms with Crippen molar-refractivity contribution in [1.82, 2.24) is 9.97 Å². The van der Waals surface area contributed by atoms with Gasteiger partial charge in [-0.3, -0.25) is 10.1 Å². The van der Waals surface area contributed by atoms with Crippen LogP contribution in [0.4, 0.5) is 5.13 Å². The number of aromatic nitrogens is 2. The van der Waals surface area contributed by atoms with E-state index in [-0.39, 0.29) is 5.91 Å². The molecule has 5 rings (SSSR count). The van der Waals surface area contributed by atoms with E-state index >= 15 is 0 Å². The number of carbonyl (C=O) groups excluding carboxylic acids is 1. The van der Waals surface area contributed by atoms with E-state index in [2.05, 4.69) is 10.3 Å². The number of aryl methyl sites for hydroxylation is 1. The summed E-state index contributed by atoms with van der Waals surface area (Å²) in [5, 5.41) is 7.16. The summed E-state index contributed by atoms with van der Waals surface area (Å²) in [4.78, 5) is 22.6. The van der Waals surface area contributed by atoms with Crippen LogP contribution in [0.25, 0.3) is 33.4 Å². The Bertz CT molecular complexity index is 1500. The van der Waals surface area contributed by atoms with E-state index in [9.17, 15) is 4.79 Å². The monoisotopic (exact) mass is 489 g/mol. The smallest absolute Gasteiger partial charge is 0.258 e. The summed E-state index contributed by atoms with van der Waals surface area (Å²) >= 11 is 13.9. The number of pyridine rings is 1. The normalized spacial score (nSPS) is 11.0. The fraction of sp³-hybridized carbons (Fsp3) is 0.0385. The van der Waals surface area contributed by atoms with E-state index in [0.717, 1.165) is 16.6 Å². The zero-order valence-corrected chi connectivity index (χ0v) is 19.8. The summed E-state index contributed by atoms with van der Waals surface area (Å²) in [6, 6.07) is 22.6. The molecule has 5 aromatic rings. The summed E-state index contributed by atoms with van der Waals surface area (Å²) in [6.07, 6.45) is 0. The predicted molar refractivity (Wildman–Crippen MR) is 137 cm³/mol. The standard InChI is InChI=1S/C26H17Cl2N3OS/c1-15-6-8-16(9-7-15)24-14-33-26(30-24)31-25(32)20-13-23(19-11-10-17(27)12-21(19)28)29-22-5-3-2-4-18(20)22/h2-14H,1H3,(H,30,31,32). The molecule has 33 heavy (non-hydrogen) atoms. The van der Waals surface area contributed by atoms with Gasteiger partial charge >= 0.3 is 0 Å². The second-order valence-corrected chi connectivity index (χ2v) is 9.26. The molecular weight excluding hydrogens is 473 g/mol. The van der Waals surface area contributed by atoms with Gasteiger partial charge in [-0.2, -0.15) is 0 Å². The van der Waals surface area contributed by atoms with Gasteiger partial charge < -0.3 is 0 Å². The van der Waals surface area contributed by atoms with Crippen molar-refractivity contribution in [3.05, 3.63) is 99.3 Å². The molecule has 0 radical (unpaired) electrons. The summed E-state index contributed by atoms with van der Waals surface area (Å²) in [7, 11) is 0. The molecule has 3 aromatic carbocycles. The maximum absolute atomic E-state index is 13.3. The minimum absolute atomic E-state index is 0.259. The van der Waals surface area contributed by atoms with Crippen molar-refractivity contribution in [3.63, 3.8) is 0 Å². The van der Waals surface area contributed by atoms with Gasteiger partial charge in [0.2, 0.25) is 0 Å². The lowest BCUT2D eigenvalue weighted by Crippen LogP contribution is -2.13. The molecule has 7 heteroatoms. The van der Waals surface area contributed by atoms with E-state index in [0.29, 0.717) is 37.5 Å². The molecule has 4 nitrogen and oxygen atoms in total. The Morgan fingerprint density at radius 1 is 0.909 bits per heavy atom. The average molecular weight is 490 g/mol. The van der Waals surface area contributed by atoms with Crippen LogP contribution in [0.1, 0.15) is 15.9 Å². The number of halogens is 2. The molecule has 2 heterocycles. The molecule has 1 amide bonds. The molecule has 1 N–H and O–H groups in total. The third kappa shape index (κ3) is 4.48. The number of rotatable bonds is 4. The van der Waals surface area contributed by atoms with E-state index in [1.54, 1.807) is 24.3 Å². The van der Waals surface area contributed by atoms with Crippen LogP contribution < -0.4 is 5.32 Å². The van der Waals surface area contributed by atoms with Gasteiger partial charge in [-0.1, -0.05) is 71.2 Å². The van der Waals surface area contributed by atoms with Crippen LogP contribution in [0.15, 0.2) is 78.2 Å². The van der Waals surface area contributed by atoms with Gasteiger partial charge in [0.25, 0.3) is 5.91 Å². The molecular formula is C26H17Cl2N3OS. The highest BCUT2D eigenvalue weighted by Crippen LogP contribution is 2.32. The van der Waals surface area contributed by atoms with Crippen LogP contribution in [-0.4, -0.2) is 15.9 Å². The van der Waals surface area contributed by atoms with Crippen molar-refractivity contribution in [2.24, 2.45) is 0 Å². The van der Waals surface area contributed by atoms with Crippen molar-refractivity contribution < 1.29 is 4.79 Å². The lowest BCUT2D eigenvalue weighted by atomic mass is 10.0. The number of hydrogen-bond acceptors (Lipinski definition) is 4. The number of anilines is 1. The Labute approximate surface area is 204 Å². The fourth-order valence-corrected chi connectivity index (χ4v) is 4.77. The molecule has 0 bridgehead atoms. The second-order valence-electron chi connectivity index (χ2n) is 7.55. The zero-order chi connectivity index (χ0) is 22.9. The summed E-state index contributed by atoms with van der Waals surface area (Å²) in [5.41, 5.74) is 5.51. The summed E-state index contributed by atoms with van der Waals surface area (Å²) < 4.78 is 0. The Balaban J connectivity index is 1.51. The molecule has 0 spiro atoms. The van der Waals surface area contributed by atoms with E-state index < -0.39 is 0 Å². The Morgan fingerprint density at radius 3 is 2.48 bits per heavy atom. The molecule has 0 aliphatic heterocycles. The molecule has 0 atom stereocenters. The topological polar surface area (TPSA) is 54.9 Å². The van der Waals surface area contributed by atoms with Gasteiger partial charge in [0.05, 0.1) is 27.5 Å². The molecule has 0 saturated heterocycles. The Kier molecular flexibility index (Phi) is 5.85. The van der Waals surface area contributed by atoms with E-state index in [4.69, 9.17) is 28.2 Å². The molecule has 0 saturated carbocycles. The van der Waals surface area contributed by atoms with E-state index in [1.165, 1.54) is 16.9 Å². The Morgan fingerprint density at radius 2 is 1.70 bits per heavy atom. The van der Waals surface area contributed by atoms with Crippen molar-refractivity contribution in [2.75, 3.05) is 5.32 Å². The number of nitrogens with one attached hydrogen (secondary N) is 1. The van der Waals surface area contributed by atoms with Gasteiger partial charge in [0, 0.05) is 26.9 Å². The molecule has 2 aromatic heterocycles. The van der Waals surface area contributed by atoms with Gasteiger partial charge in [-0.25, -0.2) is 9.97 Å². The lowest BCUT2D eigenvalue weighted by Gasteiger charge is -2.11. The maximum Gasteiger partial charge on any atom is 0.258 e. The molecule has 0 aliphatic carbocycles. The number of benzene rings is 3. The predicted octanol–water partition coefficient (Wildman–Crippen LogP) is 7.89. The van der Waals surface area contributed by atoms with Crippen LogP contribution in [0.5, 0.6) is 0 Å². The first-order valence-corrected chi connectivity index (χ1v) is 11.8. The van der Waals surface area contributed by atoms with Gasteiger partial charge in [0.15, 0.2) is 5.13 Å². The number of carbonyl (C=O) groups is 1. The van der Waals surface area contributed by atoms with Crippen molar-refractivity contribution in [3.8, 4) is 22.5 Å². The first-order valence-electron chi connectivity index (χ1n) is 10.2. The molecule has 0 aliphatic rings. The lowest BCUT2D eigenvalue weighted by molar-refractivity contribution is 0.102. The number of amides is 1. The second kappa shape index (κ2) is 8.94. The van der Waals surface area contributed by atoms with Crippen LogP contribution in [0.2, 0.25) is 10.0 Å². The van der Waals surface area contributed by atoms with Crippen LogP contribution in [0.3, 0.4) is 0 Å². The number of hydrogen-bond donors (Lipinski definition) is 1. The van der Waals surface area contributed by atoms with Gasteiger partial charge in [0.1, 0.15) is 0 Å². The largest absolute Gasteiger partial charge is 0.298 e. The fourth-order valence-electron chi connectivity index (χ4n) is 3.55. The van der Waals surface area contributed by atoms with Crippen LogP contribution in [-0.2, 0) is 0 Å². The minimum atomic E-state index is -0.259. The Hall–Kier alpha value is -3.25. The summed E-state index contributed by atoms with van der Waals surface area (Å²) in [6.45, 7) is 2.04. The van der Waals surface area contributed by atoms with Crippen molar-refractivity contribution in [2.45, 2.75) is 6.92 Å². The first-order chi connectivity index (χ1) is 16.0. The van der Waals surface area contributed by atoms with Crippen LogP contribution >= 0.6 is 34.5 Å². The summed E-state index contributed by atoms with van der Waals surface area (Å²) in [5.74, 6) is -0.259. The number of thiazole rings is 1. The zero-order valence-electron chi connectivity index (χ0n) is 17.5. The highest BCUT2D eigenvalue weighted by molar-refractivity contribution is 7.14. The van der Waals surface area contributed by atoms with Crippen LogP contribution in [0, 0.1) is 6.92 Å². The highest BCUT2D eigenvalue weighted by Gasteiger charge is 2.17. The van der Waals surface area contributed by atoms with Gasteiger partial charge in [-0.15, -0.1) is 11.3 Å². The minimum Gasteiger partial charge on any atom is -0.298 e. The molecule has 0 fully saturated rings. The number of fused-ring (bicyclic) bond motifs is 1. The first kappa shape index (κ1) is 21.6. The third-order valence-corrected chi connectivity index (χ3v) is 6.55. The molecule has 162 valence electrons. The highest BCUT2D eigenvalue weighted by atomic mass is 35.5. The number of nitrogens with zero attached hydrogens (tertiary/aromatic N) is 2. The number of para-hydroxylation sites is 1. The van der Waals surface area contributed by atoms with E-state index in [1.807, 2.05) is 60.8 Å². The molecule has 0 unspecified atom stereocenters. The third-order valence-electron chi connectivity index (χ3n) is 5.24. The maximum atomic E-state index is 13.3. The SMILES string of the molecule is Cc1ccc(-c2csc(NC(=O)c3cc(-c4ccc(Cl)cc4Cl)nc4ccccc34)n2)cc1. The average Bonchev–Trinajstić information content (AvgIpc) is 3.27. The van der Waals surface area contributed by atoms with Crippen molar-refractivity contribution in [1.29, 1.82) is 0 Å². The van der Waals surface area contributed by atoms with Gasteiger partial charge in [-0.05, 0) is 37.3 Å².